The molecule has 4 aromatic rings. The second-order valence-corrected chi connectivity index (χ2v) is 6.04. The molecule has 26 heavy (non-hydrogen) atoms. The van der Waals surface area contributed by atoms with Crippen LogP contribution >= 0.6 is 0 Å². The van der Waals surface area contributed by atoms with Crippen molar-refractivity contribution in [1.29, 1.82) is 0 Å². The molecule has 0 saturated heterocycles. The molecule has 0 aliphatic heterocycles. The van der Waals surface area contributed by atoms with Gasteiger partial charge in [0.2, 0.25) is 0 Å². The summed E-state index contributed by atoms with van der Waals surface area (Å²) in [6, 6.07) is 22.3. The molecule has 0 unspecified atom stereocenters. The van der Waals surface area contributed by atoms with E-state index in [1.54, 1.807) is 16.7 Å². The van der Waals surface area contributed by atoms with Gasteiger partial charge in [-0.1, -0.05) is 60.7 Å². The van der Waals surface area contributed by atoms with E-state index in [-0.39, 0.29) is 5.56 Å². The normalized spacial score (nSPS) is 11.0. The molecule has 128 valence electrons. The molecule has 2 heterocycles. The molecule has 0 bridgehead atoms. The van der Waals surface area contributed by atoms with Gasteiger partial charge in [0, 0.05) is 12.1 Å². The first-order valence-corrected chi connectivity index (χ1v) is 8.51. The average molecular weight is 343 g/mol. The van der Waals surface area contributed by atoms with Crippen molar-refractivity contribution in [2.75, 3.05) is 0 Å². The quantitative estimate of drug-likeness (QED) is 0.557. The maximum absolute atomic E-state index is 13.1. The second-order valence-electron chi connectivity index (χ2n) is 6.04. The fraction of sp³-hybridized carbons (Fsp3) is 0.0909. The van der Waals surface area contributed by atoms with Crippen molar-refractivity contribution in [3.63, 3.8) is 0 Å². The van der Waals surface area contributed by atoms with E-state index in [9.17, 15) is 9.59 Å². The van der Waals surface area contributed by atoms with Gasteiger partial charge < -0.3 is 8.98 Å². The average Bonchev–Trinajstić information content (AvgIpc) is 2.69. The third-order valence-corrected chi connectivity index (χ3v) is 4.48. The molecule has 0 saturated carbocycles. The Hall–Kier alpha value is -3.40. The Morgan fingerprint density at radius 3 is 2.04 bits per heavy atom. The van der Waals surface area contributed by atoms with E-state index < -0.39 is 5.63 Å². The van der Waals surface area contributed by atoms with Crippen LogP contribution in [0.1, 0.15) is 6.92 Å². The number of aromatic nitrogens is 1. The first-order valence-electron chi connectivity index (χ1n) is 8.51. The monoisotopic (exact) mass is 343 g/mol. The SMILES string of the molecule is CCn1c(-c2ccccc2)cc2c(=O)oc(-c3ccccc3)cc2c1=O. The predicted octanol–water partition coefficient (Wildman–Crippen LogP) is 4.31. The maximum Gasteiger partial charge on any atom is 0.344 e. The van der Waals surface area contributed by atoms with Crippen LogP contribution in [-0.2, 0) is 6.54 Å². The van der Waals surface area contributed by atoms with Crippen LogP contribution < -0.4 is 11.2 Å². The van der Waals surface area contributed by atoms with E-state index in [2.05, 4.69) is 0 Å². The van der Waals surface area contributed by atoms with Gasteiger partial charge in [0.15, 0.2) is 0 Å². The van der Waals surface area contributed by atoms with Crippen LogP contribution in [0.4, 0.5) is 0 Å². The van der Waals surface area contributed by atoms with Gasteiger partial charge in [-0.3, -0.25) is 4.79 Å². The van der Waals surface area contributed by atoms with E-state index in [1.807, 2.05) is 67.6 Å². The van der Waals surface area contributed by atoms with Gasteiger partial charge in [-0.05, 0) is 24.6 Å². The third kappa shape index (κ3) is 2.65. The Morgan fingerprint density at radius 2 is 1.42 bits per heavy atom. The minimum atomic E-state index is -0.501. The minimum absolute atomic E-state index is 0.186. The number of hydrogen-bond donors (Lipinski definition) is 0. The summed E-state index contributed by atoms with van der Waals surface area (Å²) in [6.07, 6.45) is 0. The highest BCUT2D eigenvalue weighted by molar-refractivity contribution is 5.86. The van der Waals surface area contributed by atoms with Gasteiger partial charge in [0.05, 0.1) is 16.5 Å². The Labute approximate surface area is 150 Å². The molecule has 0 aliphatic carbocycles. The molecule has 0 spiro atoms. The first kappa shape index (κ1) is 16.1. The first-order chi connectivity index (χ1) is 12.7. The second kappa shape index (κ2) is 6.48. The number of nitrogens with zero attached hydrogens (tertiary/aromatic N) is 1. The van der Waals surface area contributed by atoms with Gasteiger partial charge in [-0.15, -0.1) is 0 Å². The molecular formula is C22H17NO3. The summed E-state index contributed by atoms with van der Waals surface area (Å²) in [6.45, 7) is 2.43. The maximum atomic E-state index is 13.1. The highest BCUT2D eigenvalue weighted by atomic mass is 16.4. The van der Waals surface area contributed by atoms with E-state index in [4.69, 9.17) is 4.42 Å². The number of rotatable bonds is 3. The Morgan fingerprint density at radius 1 is 0.808 bits per heavy atom. The van der Waals surface area contributed by atoms with Gasteiger partial charge >= 0.3 is 5.63 Å². The molecule has 2 aromatic heterocycles. The van der Waals surface area contributed by atoms with Crippen molar-refractivity contribution < 1.29 is 4.42 Å². The lowest BCUT2D eigenvalue weighted by atomic mass is 10.1. The number of benzene rings is 2. The van der Waals surface area contributed by atoms with Crippen molar-refractivity contribution in [2.45, 2.75) is 13.5 Å². The van der Waals surface area contributed by atoms with Crippen LogP contribution in [0.3, 0.4) is 0 Å². The fourth-order valence-corrected chi connectivity index (χ4v) is 3.19. The molecule has 4 rings (SSSR count). The van der Waals surface area contributed by atoms with Crippen molar-refractivity contribution >= 4 is 10.8 Å². The van der Waals surface area contributed by atoms with E-state index >= 15 is 0 Å². The lowest BCUT2D eigenvalue weighted by Crippen LogP contribution is -2.23. The molecule has 0 radical (unpaired) electrons. The van der Waals surface area contributed by atoms with Crippen molar-refractivity contribution in [2.24, 2.45) is 0 Å². The molecule has 4 nitrogen and oxygen atoms in total. The van der Waals surface area contributed by atoms with Crippen LogP contribution in [0.2, 0.25) is 0 Å². The molecule has 0 amide bonds. The standard InChI is InChI=1S/C22H17NO3/c1-2-23-19(15-9-5-3-6-10-15)13-18-17(21(23)24)14-20(26-22(18)25)16-11-7-4-8-12-16/h3-14H,2H2,1H3. The van der Waals surface area contributed by atoms with Crippen molar-refractivity contribution in [3.8, 4) is 22.6 Å². The van der Waals surface area contributed by atoms with Crippen molar-refractivity contribution in [1.82, 2.24) is 4.57 Å². The Balaban J connectivity index is 2.04. The van der Waals surface area contributed by atoms with Gasteiger partial charge in [-0.25, -0.2) is 4.79 Å². The lowest BCUT2D eigenvalue weighted by molar-refractivity contribution is 0.534. The topological polar surface area (TPSA) is 52.2 Å². The highest BCUT2D eigenvalue weighted by Gasteiger charge is 2.15. The zero-order chi connectivity index (χ0) is 18.1. The summed E-state index contributed by atoms with van der Waals surface area (Å²) < 4.78 is 7.18. The number of pyridine rings is 1. The smallest absolute Gasteiger partial charge is 0.344 e. The van der Waals surface area contributed by atoms with Crippen LogP contribution in [0.5, 0.6) is 0 Å². The van der Waals surface area contributed by atoms with Crippen LogP contribution in [-0.4, -0.2) is 4.57 Å². The van der Waals surface area contributed by atoms with Gasteiger partial charge in [0.1, 0.15) is 5.76 Å². The minimum Gasteiger partial charge on any atom is -0.422 e. The molecule has 0 N–H and O–H groups in total. The van der Waals surface area contributed by atoms with E-state index in [1.165, 1.54) is 0 Å². The van der Waals surface area contributed by atoms with E-state index in [0.717, 1.165) is 11.1 Å². The van der Waals surface area contributed by atoms with Crippen molar-refractivity contribution in [3.05, 3.63) is 93.6 Å². The number of hydrogen-bond acceptors (Lipinski definition) is 3. The fourth-order valence-electron chi connectivity index (χ4n) is 3.19. The summed E-state index contributed by atoms with van der Waals surface area (Å²) >= 11 is 0. The third-order valence-electron chi connectivity index (χ3n) is 4.48. The molecule has 0 aliphatic rings. The zero-order valence-corrected chi connectivity index (χ0v) is 14.3. The summed E-state index contributed by atoms with van der Waals surface area (Å²) in [7, 11) is 0. The van der Waals surface area contributed by atoms with E-state index in [0.29, 0.717) is 28.8 Å². The molecule has 4 heteroatoms. The summed E-state index contributed by atoms with van der Waals surface area (Å²) in [4.78, 5) is 25.7. The molecule has 0 fully saturated rings. The molecule has 2 aromatic carbocycles. The predicted molar refractivity (Wildman–Crippen MR) is 103 cm³/mol. The van der Waals surface area contributed by atoms with Crippen LogP contribution in [0, 0.1) is 0 Å². The van der Waals surface area contributed by atoms with Gasteiger partial charge in [0.25, 0.3) is 5.56 Å². The summed E-state index contributed by atoms with van der Waals surface area (Å²) in [5.41, 5.74) is 1.68. The molecular weight excluding hydrogens is 326 g/mol. The van der Waals surface area contributed by atoms with Gasteiger partial charge in [-0.2, -0.15) is 0 Å². The summed E-state index contributed by atoms with van der Waals surface area (Å²) in [5, 5.41) is 0.680. The highest BCUT2D eigenvalue weighted by Crippen LogP contribution is 2.24. The largest absolute Gasteiger partial charge is 0.422 e. The Bertz CT molecular complexity index is 1190. The van der Waals surface area contributed by atoms with Crippen LogP contribution in [0.25, 0.3) is 33.4 Å². The number of fused-ring (bicyclic) bond motifs is 1. The van der Waals surface area contributed by atoms with Crippen LogP contribution in [0.15, 0.2) is 86.8 Å². The summed E-state index contributed by atoms with van der Waals surface area (Å²) in [5.74, 6) is 0.398. The zero-order valence-electron chi connectivity index (χ0n) is 14.3. The molecule has 0 atom stereocenters. The lowest BCUT2D eigenvalue weighted by Gasteiger charge is -2.13. The Kier molecular flexibility index (Phi) is 4.01.